The number of carbonyl (C=O) groups is 1. The molecule has 29 heavy (non-hydrogen) atoms. The van der Waals surface area contributed by atoms with Gasteiger partial charge in [0.1, 0.15) is 0 Å². The molecule has 2 aromatic rings. The first-order valence-electron chi connectivity index (χ1n) is 9.35. The number of nitrogens with zero attached hydrogens (tertiary/aromatic N) is 2. The van der Waals surface area contributed by atoms with Crippen molar-refractivity contribution in [2.45, 2.75) is 31.6 Å². The lowest BCUT2D eigenvalue weighted by Crippen LogP contribution is -2.37. The summed E-state index contributed by atoms with van der Waals surface area (Å²) in [6.07, 6.45) is 1.62. The van der Waals surface area contributed by atoms with E-state index in [9.17, 15) is 23.3 Å². The van der Waals surface area contributed by atoms with Crippen molar-refractivity contribution in [3.63, 3.8) is 0 Å². The van der Waals surface area contributed by atoms with E-state index >= 15 is 0 Å². The van der Waals surface area contributed by atoms with Crippen molar-refractivity contribution in [3.05, 3.63) is 63.7 Å². The fourth-order valence-electron chi connectivity index (χ4n) is 3.22. The second kappa shape index (κ2) is 8.30. The molecule has 0 unspecified atom stereocenters. The molecule has 2 aromatic carbocycles. The number of nitro benzene ring substituents is 1. The van der Waals surface area contributed by atoms with Crippen molar-refractivity contribution in [2.24, 2.45) is 5.92 Å². The Morgan fingerprint density at radius 2 is 1.86 bits per heavy atom. The number of anilines is 1. The molecule has 1 N–H and O–H groups in total. The molecular weight excluding hydrogens is 394 g/mol. The summed E-state index contributed by atoms with van der Waals surface area (Å²) in [7, 11) is -3.68. The number of non-ortho nitro benzene ring substituents is 1. The fourth-order valence-corrected chi connectivity index (χ4v) is 4.74. The van der Waals surface area contributed by atoms with E-state index in [4.69, 9.17) is 0 Å². The van der Waals surface area contributed by atoms with Gasteiger partial charge in [-0.2, -0.15) is 4.31 Å². The summed E-state index contributed by atoms with van der Waals surface area (Å²) in [6.45, 7) is 4.75. The van der Waals surface area contributed by atoms with E-state index in [-0.39, 0.29) is 16.1 Å². The molecule has 1 heterocycles. The Bertz CT molecular complexity index is 1040. The summed E-state index contributed by atoms with van der Waals surface area (Å²) in [6, 6.07) is 10.0. The third-order valence-electron chi connectivity index (χ3n) is 5.16. The van der Waals surface area contributed by atoms with Crippen LogP contribution in [0, 0.1) is 23.0 Å². The normalized spacial score (nSPS) is 15.8. The molecule has 1 amide bonds. The molecule has 1 aliphatic rings. The molecule has 154 valence electrons. The Morgan fingerprint density at radius 1 is 1.17 bits per heavy atom. The molecular formula is C20H23N3O5S. The second-order valence-corrected chi connectivity index (χ2v) is 9.26. The van der Waals surface area contributed by atoms with Crippen LogP contribution in [0.25, 0.3) is 0 Å². The second-order valence-electron chi connectivity index (χ2n) is 7.32. The molecule has 0 saturated carbocycles. The van der Waals surface area contributed by atoms with Gasteiger partial charge >= 0.3 is 0 Å². The largest absolute Gasteiger partial charge is 0.321 e. The highest BCUT2D eigenvalue weighted by Crippen LogP contribution is 2.25. The van der Waals surface area contributed by atoms with Crippen LogP contribution in [0.3, 0.4) is 0 Å². The van der Waals surface area contributed by atoms with Gasteiger partial charge in [0.15, 0.2) is 0 Å². The number of hydrogen-bond donors (Lipinski definition) is 1. The number of amides is 1. The van der Waals surface area contributed by atoms with E-state index in [0.717, 1.165) is 12.8 Å². The van der Waals surface area contributed by atoms with Gasteiger partial charge in [-0.15, -0.1) is 0 Å². The first-order valence-corrected chi connectivity index (χ1v) is 10.8. The molecule has 0 spiro atoms. The molecule has 0 bridgehead atoms. The number of carbonyl (C=O) groups excluding carboxylic acids is 1. The van der Waals surface area contributed by atoms with Gasteiger partial charge < -0.3 is 5.32 Å². The number of sulfonamides is 1. The van der Waals surface area contributed by atoms with Crippen LogP contribution in [0.15, 0.2) is 47.4 Å². The lowest BCUT2D eigenvalue weighted by atomic mass is 10.0. The summed E-state index contributed by atoms with van der Waals surface area (Å²) in [4.78, 5) is 23.1. The SMILES string of the molecule is Cc1ccc([N+](=O)[O-])cc1NC(=O)c1cccc(S(=O)(=O)N2CCC(C)CC2)c1. The summed E-state index contributed by atoms with van der Waals surface area (Å²) < 4.78 is 27.3. The van der Waals surface area contributed by atoms with Crippen molar-refractivity contribution in [2.75, 3.05) is 18.4 Å². The van der Waals surface area contributed by atoms with Crippen LogP contribution < -0.4 is 5.32 Å². The average Bonchev–Trinajstić information content (AvgIpc) is 2.70. The summed E-state index contributed by atoms with van der Waals surface area (Å²) in [5.41, 5.74) is 1.00. The fraction of sp³-hybridized carbons (Fsp3) is 0.350. The third kappa shape index (κ3) is 4.63. The monoisotopic (exact) mass is 417 g/mol. The van der Waals surface area contributed by atoms with Crippen LogP contribution in [-0.4, -0.2) is 36.6 Å². The van der Waals surface area contributed by atoms with Crippen LogP contribution in [0.1, 0.15) is 35.7 Å². The highest BCUT2D eigenvalue weighted by molar-refractivity contribution is 7.89. The number of piperidine rings is 1. The molecule has 0 aliphatic carbocycles. The Hall–Kier alpha value is -2.78. The molecule has 9 heteroatoms. The molecule has 0 radical (unpaired) electrons. The molecule has 0 atom stereocenters. The molecule has 3 rings (SSSR count). The predicted molar refractivity (Wildman–Crippen MR) is 109 cm³/mol. The zero-order chi connectivity index (χ0) is 21.2. The van der Waals surface area contributed by atoms with E-state index in [1.54, 1.807) is 13.0 Å². The quantitative estimate of drug-likeness (QED) is 0.591. The maximum absolute atomic E-state index is 12.9. The lowest BCUT2D eigenvalue weighted by Gasteiger charge is -2.29. The number of rotatable bonds is 5. The average molecular weight is 417 g/mol. The van der Waals surface area contributed by atoms with Crippen LogP contribution in [-0.2, 0) is 10.0 Å². The smallest absolute Gasteiger partial charge is 0.271 e. The van der Waals surface area contributed by atoms with Gasteiger partial charge in [0.2, 0.25) is 10.0 Å². The van der Waals surface area contributed by atoms with Crippen molar-refractivity contribution in [1.82, 2.24) is 4.31 Å². The van der Waals surface area contributed by atoms with Gasteiger partial charge in [-0.05, 0) is 49.4 Å². The van der Waals surface area contributed by atoms with Crippen molar-refractivity contribution in [3.8, 4) is 0 Å². The molecule has 8 nitrogen and oxygen atoms in total. The topological polar surface area (TPSA) is 110 Å². The number of nitro groups is 1. The zero-order valence-corrected chi connectivity index (χ0v) is 17.1. The highest BCUT2D eigenvalue weighted by atomic mass is 32.2. The number of hydrogen-bond acceptors (Lipinski definition) is 5. The minimum atomic E-state index is -3.68. The zero-order valence-electron chi connectivity index (χ0n) is 16.3. The van der Waals surface area contributed by atoms with Gasteiger partial charge in [0.25, 0.3) is 11.6 Å². The predicted octanol–water partition coefficient (Wildman–Crippen LogP) is 3.58. The van der Waals surface area contributed by atoms with E-state index in [1.165, 1.54) is 40.7 Å². The summed E-state index contributed by atoms with van der Waals surface area (Å²) in [5, 5.41) is 13.6. The van der Waals surface area contributed by atoms with E-state index < -0.39 is 20.9 Å². The number of aryl methyl sites for hydroxylation is 1. The number of benzene rings is 2. The first-order chi connectivity index (χ1) is 13.7. The van der Waals surface area contributed by atoms with Crippen LogP contribution in [0.5, 0.6) is 0 Å². The maximum atomic E-state index is 12.9. The van der Waals surface area contributed by atoms with E-state index in [0.29, 0.717) is 30.3 Å². The Kier molecular flexibility index (Phi) is 5.99. The highest BCUT2D eigenvalue weighted by Gasteiger charge is 2.28. The minimum absolute atomic E-state index is 0.0652. The molecule has 0 aromatic heterocycles. The number of nitrogens with one attached hydrogen (secondary N) is 1. The van der Waals surface area contributed by atoms with Crippen molar-refractivity contribution < 1.29 is 18.1 Å². The lowest BCUT2D eigenvalue weighted by molar-refractivity contribution is -0.384. The first kappa shape index (κ1) is 20.9. The van der Waals surface area contributed by atoms with Gasteiger partial charge in [-0.25, -0.2) is 8.42 Å². The Morgan fingerprint density at radius 3 is 2.52 bits per heavy atom. The van der Waals surface area contributed by atoms with E-state index in [1.807, 2.05) is 0 Å². The van der Waals surface area contributed by atoms with E-state index in [2.05, 4.69) is 12.2 Å². The summed E-state index contributed by atoms with van der Waals surface area (Å²) >= 11 is 0. The van der Waals surface area contributed by atoms with Gasteiger partial charge in [0, 0.05) is 30.8 Å². The third-order valence-corrected chi connectivity index (χ3v) is 7.05. The van der Waals surface area contributed by atoms with Crippen LogP contribution in [0.2, 0.25) is 0 Å². The van der Waals surface area contributed by atoms with Gasteiger partial charge in [0.05, 0.1) is 15.5 Å². The Balaban J connectivity index is 1.83. The maximum Gasteiger partial charge on any atom is 0.271 e. The summed E-state index contributed by atoms with van der Waals surface area (Å²) in [5.74, 6) is -0.0327. The minimum Gasteiger partial charge on any atom is -0.321 e. The van der Waals surface area contributed by atoms with Crippen molar-refractivity contribution in [1.29, 1.82) is 0 Å². The molecule has 1 fully saturated rings. The van der Waals surface area contributed by atoms with Gasteiger partial charge in [-0.3, -0.25) is 14.9 Å². The molecule has 1 aliphatic heterocycles. The Labute approximate surface area is 169 Å². The van der Waals surface area contributed by atoms with Gasteiger partial charge in [-0.1, -0.05) is 19.1 Å². The standard InChI is InChI=1S/C20H23N3O5S/c1-14-8-10-22(11-9-14)29(27,28)18-5-3-4-16(12-18)20(24)21-19-13-17(23(25)26)7-6-15(19)2/h3-7,12-14H,8-11H2,1-2H3,(H,21,24). The van der Waals surface area contributed by atoms with Crippen LogP contribution in [0.4, 0.5) is 11.4 Å². The molecule has 1 saturated heterocycles. The van der Waals surface area contributed by atoms with Crippen LogP contribution >= 0.6 is 0 Å². The van der Waals surface area contributed by atoms with Crippen molar-refractivity contribution >= 4 is 27.3 Å².